The lowest BCUT2D eigenvalue weighted by Crippen LogP contribution is -2.34. The van der Waals surface area contributed by atoms with Gasteiger partial charge >= 0.3 is 11.1 Å². The number of aromatic amines is 1. The molecule has 0 unspecified atom stereocenters. The fourth-order valence-electron chi connectivity index (χ4n) is 2.96. The molecule has 2 aromatic carbocycles. The van der Waals surface area contributed by atoms with Crippen molar-refractivity contribution >= 4 is 22.6 Å². The highest BCUT2D eigenvalue weighted by Crippen LogP contribution is 2.30. The number of rotatable bonds is 3. The molecule has 4 aromatic rings. The molecule has 1 N–H and O–H groups in total. The van der Waals surface area contributed by atoms with E-state index in [1.807, 2.05) is 41.2 Å². The Bertz CT molecular complexity index is 1220. The van der Waals surface area contributed by atoms with Crippen molar-refractivity contribution in [3.63, 3.8) is 0 Å². The third kappa shape index (κ3) is 2.84. The molecular weight excluding hydrogens is 352 g/mol. The zero-order valence-corrected chi connectivity index (χ0v) is 14.7. The summed E-state index contributed by atoms with van der Waals surface area (Å²) in [4.78, 5) is 26.1. The second-order valence-corrected chi connectivity index (χ2v) is 6.49. The average molecular weight is 367 g/mol. The Morgan fingerprint density at radius 2 is 1.92 bits per heavy atom. The van der Waals surface area contributed by atoms with E-state index in [0.717, 1.165) is 16.7 Å². The largest absolute Gasteiger partial charge is 0.316 e. The second-order valence-electron chi connectivity index (χ2n) is 6.08. The van der Waals surface area contributed by atoms with Crippen LogP contribution >= 0.6 is 11.6 Å². The molecule has 0 fully saturated rings. The highest BCUT2D eigenvalue weighted by molar-refractivity contribution is 6.34. The van der Waals surface area contributed by atoms with Crippen molar-refractivity contribution in [3.8, 4) is 11.1 Å². The number of benzene rings is 2. The zero-order valence-electron chi connectivity index (χ0n) is 13.9. The molecule has 4 rings (SSSR count). The summed E-state index contributed by atoms with van der Waals surface area (Å²) in [5.74, 6) is 0. The van der Waals surface area contributed by atoms with Gasteiger partial charge in [0.2, 0.25) is 0 Å². The van der Waals surface area contributed by atoms with E-state index in [1.165, 1.54) is 4.57 Å². The van der Waals surface area contributed by atoms with Crippen LogP contribution in [0.4, 0.5) is 0 Å². The Morgan fingerprint density at radius 3 is 2.69 bits per heavy atom. The summed E-state index contributed by atoms with van der Waals surface area (Å²) in [6.07, 6.45) is 3.64. The van der Waals surface area contributed by atoms with Crippen LogP contribution in [0.15, 0.2) is 64.4 Å². The normalized spacial score (nSPS) is 11.2. The van der Waals surface area contributed by atoms with Crippen LogP contribution < -0.4 is 11.1 Å². The fraction of sp³-hybridized carbons (Fsp3) is 0.105. The van der Waals surface area contributed by atoms with Gasteiger partial charge in [0.05, 0.1) is 28.8 Å². The lowest BCUT2D eigenvalue weighted by atomic mass is 10.1. The monoisotopic (exact) mass is 366 g/mol. The maximum atomic E-state index is 11.9. The molecule has 6 nitrogen and oxygen atoms in total. The summed E-state index contributed by atoms with van der Waals surface area (Å²) in [5.41, 5.74) is 2.58. The fourth-order valence-corrected chi connectivity index (χ4v) is 3.23. The number of nitrogens with one attached hydrogen (secondary N) is 1. The van der Waals surface area contributed by atoms with E-state index in [1.54, 1.807) is 25.4 Å². The van der Waals surface area contributed by atoms with Crippen molar-refractivity contribution in [1.82, 2.24) is 19.3 Å². The van der Waals surface area contributed by atoms with Gasteiger partial charge in [0.25, 0.3) is 0 Å². The highest BCUT2D eigenvalue weighted by atomic mass is 35.5. The molecule has 0 aliphatic carbocycles. The van der Waals surface area contributed by atoms with Crippen LogP contribution in [0.2, 0.25) is 5.02 Å². The summed E-state index contributed by atoms with van der Waals surface area (Å²) in [6, 6.07) is 13.5. The number of aromatic nitrogens is 4. The van der Waals surface area contributed by atoms with E-state index >= 15 is 0 Å². The lowest BCUT2D eigenvalue weighted by molar-refractivity contribution is 0.687. The third-order valence-corrected chi connectivity index (χ3v) is 4.64. The molecule has 2 heterocycles. The van der Waals surface area contributed by atoms with Gasteiger partial charge in [0.1, 0.15) is 0 Å². The Kier molecular flexibility index (Phi) is 3.97. The van der Waals surface area contributed by atoms with Gasteiger partial charge in [-0.2, -0.15) is 5.10 Å². The van der Waals surface area contributed by atoms with E-state index < -0.39 is 11.1 Å². The number of H-pyrrole nitrogens is 1. The summed E-state index contributed by atoms with van der Waals surface area (Å²) >= 11 is 6.41. The Labute approximate surface area is 153 Å². The Hall–Kier alpha value is -3.12. The van der Waals surface area contributed by atoms with E-state index in [-0.39, 0.29) is 0 Å². The maximum Gasteiger partial charge on any atom is 0.316 e. The first-order valence-electron chi connectivity index (χ1n) is 8.02. The number of aryl methyl sites for hydroxylation is 1. The summed E-state index contributed by atoms with van der Waals surface area (Å²) in [7, 11) is 1.57. The minimum atomic E-state index is -0.667. The van der Waals surface area contributed by atoms with E-state index in [0.29, 0.717) is 22.6 Å². The van der Waals surface area contributed by atoms with Crippen LogP contribution in [0.1, 0.15) is 5.56 Å². The second kappa shape index (κ2) is 6.31. The minimum Gasteiger partial charge on any atom is -0.316 e. The molecule has 0 bridgehead atoms. The lowest BCUT2D eigenvalue weighted by Gasteiger charge is -2.08. The number of hydrogen-bond donors (Lipinski definition) is 1. The summed E-state index contributed by atoms with van der Waals surface area (Å²) in [5, 5.41) is 4.87. The molecule has 130 valence electrons. The quantitative estimate of drug-likeness (QED) is 0.567. The predicted molar refractivity (Wildman–Crippen MR) is 102 cm³/mol. The molecule has 0 saturated carbocycles. The van der Waals surface area contributed by atoms with Crippen molar-refractivity contribution in [2.24, 2.45) is 7.05 Å². The minimum absolute atomic E-state index is 0.478. The average Bonchev–Trinajstić information content (AvgIpc) is 3.08. The van der Waals surface area contributed by atoms with Crippen LogP contribution in [-0.4, -0.2) is 19.3 Å². The van der Waals surface area contributed by atoms with E-state index in [2.05, 4.69) is 10.1 Å². The maximum absolute atomic E-state index is 11.9. The predicted octanol–water partition coefficient (Wildman–Crippen LogP) is 2.79. The van der Waals surface area contributed by atoms with Gasteiger partial charge in [-0.15, -0.1) is 0 Å². The Morgan fingerprint density at radius 1 is 1.15 bits per heavy atom. The van der Waals surface area contributed by atoms with E-state index in [9.17, 15) is 9.59 Å². The molecule has 26 heavy (non-hydrogen) atoms. The van der Waals surface area contributed by atoms with Gasteiger partial charge in [0.15, 0.2) is 0 Å². The first-order chi connectivity index (χ1) is 12.5. The van der Waals surface area contributed by atoms with Crippen molar-refractivity contribution in [1.29, 1.82) is 0 Å². The molecule has 0 spiro atoms. The van der Waals surface area contributed by atoms with Crippen LogP contribution in [0.3, 0.4) is 0 Å². The topological polar surface area (TPSA) is 72.7 Å². The van der Waals surface area contributed by atoms with Gasteiger partial charge in [-0.05, 0) is 17.7 Å². The molecule has 0 amide bonds. The first kappa shape index (κ1) is 16.4. The van der Waals surface area contributed by atoms with Crippen molar-refractivity contribution in [2.75, 3.05) is 0 Å². The zero-order chi connectivity index (χ0) is 18.3. The number of nitrogens with zero attached hydrogens (tertiary/aromatic N) is 3. The van der Waals surface area contributed by atoms with Gasteiger partial charge in [-0.3, -0.25) is 14.3 Å². The smallest absolute Gasteiger partial charge is 0.316 e. The molecule has 0 radical (unpaired) electrons. The van der Waals surface area contributed by atoms with Crippen LogP contribution in [0.25, 0.3) is 22.2 Å². The highest BCUT2D eigenvalue weighted by Gasteiger charge is 2.12. The van der Waals surface area contributed by atoms with Crippen LogP contribution in [0, 0.1) is 0 Å². The van der Waals surface area contributed by atoms with Gasteiger partial charge < -0.3 is 9.55 Å². The Balaban J connectivity index is 1.78. The number of hydrogen-bond acceptors (Lipinski definition) is 3. The molecule has 0 aliphatic heterocycles. The number of fused-ring (bicyclic) bond motifs is 1. The van der Waals surface area contributed by atoms with Crippen molar-refractivity contribution in [3.05, 3.63) is 86.2 Å². The molecule has 7 heteroatoms. The molecule has 2 aromatic heterocycles. The summed E-state index contributed by atoms with van der Waals surface area (Å²) < 4.78 is 3.15. The van der Waals surface area contributed by atoms with Crippen molar-refractivity contribution < 1.29 is 0 Å². The van der Waals surface area contributed by atoms with Gasteiger partial charge in [-0.1, -0.05) is 41.9 Å². The third-order valence-electron chi connectivity index (χ3n) is 4.33. The van der Waals surface area contributed by atoms with Crippen LogP contribution in [-0.2, 0) is 13.6 Å². The van der Waals surface area contributed by atoms with Crippen molar-refractivity contribution in [2.45, 2.75) is 6.54 Å². The standard InChI is InChI=1S/C19H15ClN4O2/c1-23-17-7-14(15(20)8-16(17)22-18(25)19(23)26)13-9-21-24(11-13)10-12-5-3-2-4-6-12/h2-9,11H,10H2,1H3,(H,22,25). The molecule has 0 atom stereocenters. The molecule has 0 saturated heterocycles. The SMILES string of the molecule is Cn1c(=O)c(=O)[nH]c2cc(Cl)c(-c3cnn(Cc4ccccc4)c3)cc21. The molecule has 0 aliphatic rings. The first-order valence-corrected chi connectivity index (χ1v) is 8.40. The number of halogens is 1. The van der Waals surface area contributed by atoms with Crippen LogP contribution in [0.5, 0.6) is 0 Å². The van der Waals surface area contributed by atoms with Gasteiger partial charge in [0, 0.05) is 24.4 Å². The summed E-state index contributed by atoms with van der Waals surface area (Å²) in [6.45, 7) is 0.651. The van der Waals surface area contributed by atoms with E-state index in [4.69, 9.17) is 11.6 Å². The van der Waals surface area contributed by atoms with Gasteiger partial charge in [-0.25, -0.2) is 0 Å². The molecular formula is C19H15ClN4O2.